The first-order chi connectivity index (χ1) is 10.9. The molecule has 128 valence electrons. The van der Waals surface area contributed by atoms with E-state index in [4.69, 9.17) is 9.57 Å². The molecule has 2 amide bonds. The first kappa shape index (κ1) is 18.9. The quantitative estimate of drug-likeness (QED) is 0.618. The molecule has 6 nitrogen and oxygen atoms in total. The maximum absolute atomic E-state index is 14.1. The van der Waals surface area contributed by atoms with Gasteiger partial charge in [0.15, 0.2) is 0 Å². The molecule has 1 atom stereocenters. The molecule has 0 aliphatic carbocycles. The third-order valence-corrected chi connectivity index (χ3v) is 3.35. The number of ether oxygens (including phenoxy) is 1. The van der Waals surface area contributed by atoms with Gasteiger partial charge in [-0.05, 0) is 31.0 Å². The van der Waals surface area contributed by atoms with Crippen molar-refractivity contribution in [1.82, 2.24) is 10.4 Å². The number of hydroxylamine groups is 2. The SMILES string of the molecule is CCCCOC(=O)NC(C)c1ccc(C(=O)N(C)OC)c(F)c1. The van der Waals surface area contributed by atoms with Crippen LogP contribution in [0.2, 0.25) is 0 Å². The fourth-order valence-corrected chi connectivity index (χ4v) is 1.84. The van der Waals surface area contributed by atoms with Crippen molar-refractivity contribution in [2.75, 3.05) is 20.8 Å². The van der Waals surface area contributed by atoms with Crippen molar-refractivity contribution in [3.63, 3.8) is 0 Å². The summed E-state index contributed by atoms with van der Waals surface area (Å²) < 4.78 is 19.1. The first-order valence-electron chi connectivity index (χ1n) is 7.45. The predicted molar refractivity (Wildman–Crippen MR) is 83.3 cm³/mol. The van der Waals surface area contributed by atoms with Gasteiger partial charge in [-0.25, -0.2) is 14.2 Å². The molecule has 0 saturated carbocycles. The van der Waals surface area contributed by atoms with E-state index in [-0.39, 0.29) is 5.56 Å². The van der Waals surface area contributed by atoms with E-state index >= 15 is 0 Å². The molecule has 0 heterocycles. The Labute approximate surface area is 135 Å². The third-order valence-electron chi connectivity index (χ3n) is 3.35. The van der Waals surface area contributed by atoms with E-state index in [1.807, 2.05) is 6.92 Å². The highest BCUT2D eigenvalue weighted by molar-refractivity contribution is 5.93. The van der Waals surface area contributed by atoms with Gasteiger partial charge < -0.3 is 10.1 Å². The number of nitrogens with one attached hydrogen (secondary N) is 1. The number of amides is 2. The zero-order chi connectivity index (χ0) is 17.4. The van der Waals surface area contributed by atoms with Crippen LogP contribution >= 0.6 is 0 Å². The minimum Gasteiger partial charge on any atom is -0.450 e. The molecule has 0 aliphatic heterocycles. The topological polar surface area (TPSA) is 67.9 Å². The van der Waals surface area contributed by atoms with Crippen LogP contribution in [0.15, 0.2) is 18.2 Å². The van der Waals surface area contributed by atoms with Crippen LogP contribution in [0.3, 0.4) is 0 Å². The van der Waals surface area contributed by atoms with Crippen molar-refractivity contribution in [3.8, 4) is 0 Å². The van der Waals surface area contributed by atoms with Crippen molar-refractivity contribution in [2.24, 2.45) is 0 Å². The summed E-state index contributed by atoms with van der Waals surface area (Å²) in [6.45, 7) is 4.05. The number of unbranched alkanes of at least 4 members (excludes halogenated alkanes) is 1. The number of hydrogen-bond acceptors (Lipinski definition) is 4. The molecule has 0 spiro atoms. The smallest absolute Gasteiger partial charge is 0.407 e. The summed E-state index contributed by atoms with van der Waals surface area (Å²) in [5.74, 6) is -1.26. The van der Waals surface area contributed by atoms with E-state index in [2.05, 4.69) is 5.32 Å². The van der Waals surface area contributed by atoms with E-state index in [1.165, 1.54) is 26.3 Å². The molecule has 1 aromatic rings. The minimum absolute atomic E-state index is 0.101. The number of nitrogens with zero attached hydrogens (tertiary/aromatic N) is 1. The molecular weight excluding hydrogens is 303 g/mol. The van der Waals surface area contributed by atoms with Crippen molar-refractivity contribution in [2.45, 2.75) is 32.7 Å². The zero-order valence-electron chi connectivity index (χ0n) is 13.9. The van der Waals surface area contributed by atoms with Crippen LogP contribution in [0.25, 0.3) is 0 Å². The Balaban J connectivity index is 2.73. The van der Waals surface area contributed by atoms with Crippen molar-refractivity contribution in [1.29, 1.82) is 0 Å². The van der Waals surface area contributed by atoms with Crippen LogP contribution in [-0.4, -0.2) is 37.8 Å². The Hall–Kier alpha value is -2.15. The van der Waals surface area contributed by atoms with Crippen LogP contribution < -0.4 is 5.32 Å². The molecule has 1 unspecified atom stereocenters. The predicted octanol–water partition coefficient (Wildman–Crippen LogP) is 3.05. The second-order valence-corrected chi connectivity index (χ2v) is 5.08. The molecule has 0 bridgehead atoms. The van der Waals surface area contributed by atoms with Crippen molar-refractivity contribution < 1.29 is 23.6 Å². The Kier molecular flexibility index (Phi) is 7.47. The lowest BCUT2D eigenvalue weighted by Gasteiger charge is -2.17. The van der Waals surface area contributed by atoms with Gasteiger partial charge in [-0.2, -0.15) is 0 Å². The van der Waals surface area contributed by atoms with Gasteiger partial charge in [0, 0.05) is 7.05 Å². The summed E-state index contributed by atoms with van der Waals surface area (Å²) in [6.07, 6.45) is 1.17. The summed E-state index contributed by atoms with van der Waals surface area (Å²) in [5, 5.41) is 3.55. The summed E-state index contributed by atoms with van der Waals surface area (Å²) in [4.78, 5) is 28.2. The number of rotatable bonds is 7. The summed E-state index contributed by atoms with van der Waals surface area (Å²) in [5.41, 5.74) is 0.433. The van der Waals surface area contributed by atoms with Gasteiger partial charge in [0.05, 0.1) is 25.3 Å². The Morgan fingerprint density at radius 1 is 1.39 bits per heavy atom. The van der Waals surface area contributed by atoms with Crippen molar-refractivity contribution >= 4 is 12.0 Å². The Bertz CT molecular complexity index is 551. The van der Waals surface area contributed by atoms with E-state index in [0.29, 0.717) is 12.2 Å². The summed E-state index contributed by atoms with van der Waals surface area (Å²) >= 11 is 0. The van der Waals surface area contributed by atoms with Gasteiger partial charge in [-0.1, -0.05) is 19.4 Å². The normalized spacial score (nSPS) is 11.7. The molecule has 1 aromatic carbocycles. The second kappa shape index (κ2) is 9.09. The lowest BCUT2D eigenvalue weighted by molar-refractivity contribution is -0.0759. The maximum Gasteiger partial charge on any atom is 0.407 e. The fraction of sp³-hybridized carbons (Fsp3) is 0.500. The standard InChI is InChI=1S/C16H23FN2O4/c1-5-6-9-23-16(21)18-11(2)12-7-8-13(14(17)10-12)15(20)19(3)22-4/h7-8,10-11H,5-6,9H2,1-4H3,(H,18,21). The molecule has 23 heavy (non-hydrogen) atoms. The molecule has 0 saturated heterocycles. The van der Waals surface area contributed by atoms with Crippen molar-refractivity contribution in [3.05, 3.63) is 35.1 Å². The van der Waals surface area contributed by atoms with Gasteiger partial charge in [0.2, 0.25) is 0 Å². The van der Waals surface area contributed by atoms with Gasteiger partial charge in [0.1, 0.15) is 5.82 Å². The highest BCUT2D eigenvalue weighted by Gasteiger charge is 2.18. The summed E-state index contributed by atoms with van der Waals surface area (Å²) in [7, 11) is 2.71. The zero-order valence-corrected chi connectivity index (χ0v) is 13.9. The summed E-state index contributed by atoms with van der Waals surface area (Å²) in [6, 6.07) is 3.72. The number of hydrogen-bond donors (Lipinski definition) is 1. The number of carbonyl (C=O) groups is 2. The molecule has 0 fully saturated rings. The number of alkyl carbamates (subject to hydrolysis) is 1. The van der Waals surface area contributed by atoms with Gasteiger partial charge >= 0.3 is 6.09 Å². The number of carbonyl (C=O) groups excluding carboxylic acids is 2. The van der Waals surface area contributed by atoms with Crippen LogP contribution in [0.1, 0.15) is 48.7 Å². The largest absolute Gasteiger partial charge is 0.450 e. The molecule has 1 N–H and O–H groups in total. The van der Waals surface area contributed by atoms with E-state index in [1.54, 1.807) is 13.0 Å². The molecule has 0 radical (unpaired) electrons. The van der Waals surface area contributed by atoms with E-state index in [9.17, 15) is 14.0 Å². The highest BCUT2D eigenvalue weighted by Crippen LogP contribution is 2.18. The minimum atomic E-state index is -0.676. The Morgan fingerprint density at radius 3 is 2.65 bits per heavy atom. The molecule has 0 aromatic heterocycles. The number of halogens is 1. The van der Waals surface area contributed by atoms with Gasteiger partial charge in [-0.3, -0.25) is 9.63 Å². The fourth-order valence-electron chi connectivity index (χ4n) is 1.84. The highest BCUT2D eigenvalue weighted by atomic mass is 19.1. The van der Waals surface area contributed by atoms with Crippen LogP contribution in [0.5, 0.6) is 0 Å². The lowest BCUT2D eigenvalue weighted by atomic mass is 10.1. The lowest BCUT2D eigenvalue weighted by Crippen LogP contribution is -2.28. The monoisotopic (exact) mass is 326 g/mol. The first-order valence-corrected chi connectivity index (χ1v) is 7.45. The number of benzene rings is 1. The van der Waals surface area contributed by atoms with Crippen LogP contribution in [-0.2, 0) is 9.57 Å². The third kappa shape index (κ3) is 5.52. The Morgan fingerprint density at radius 2 is 2.09 bits per heavy atom. The molecular formula is C16H23FN2O4. The molecule has 0 aliphatic rings. The van der Waals surface area contributed by atoms with Gasteiger partial charge in [0.25, 0.3) is 5.91 Å². The van der Waals surface area contributed by atoms with Gasteiger partial charge in [-0.15, -0.1) is 0 Å². The van der Waals surface area contributed by atoms with E-state index < -0.39 is 23.9 Å². The van der Waals surface area contributed by atoms with Crippen LogP contribution in [0, 0.1) is 5.82 Å². The molecule has 1 rings (SSSR count). The average Bonchev–Trinajstić information content (AvgIpc) is 2.53. The van der Waals surface area contributed by atoms with E-state index in [0.717, 1.165) is 17.9 Å². The second-order valence-electron chi connectivity index (χ2n) is 5.08. The maximum atomic E-state index is 14.1. The van der Waals surface area contributed by atoms with Crippen LogP contribution in [0.4, 0.5) is 9.18 Å². The molecule has 7 heteroatoms. The average molecular weight is 326 g/mol.